The van der Waals surface area contributed by atoms with E-state index in [1.165, 1.54) is 51.7 Å². The van der Waals surface area contributed by atoms with Crippen LogP contribution >= 0.6 is 0 Å². The van der Waals surface area contributed by atoms with Crippen LogP contribution in [0.25, 0.3) is 10.8 Å². The molecule has 0 bridgehead atoms. The Hall–Kier alpha value is -2.28. The molecule has 21 heavy (non-hydrogen) atoms. The largest absolute Gasteiger partial charge is 0.358 e. The minimum Gasteiger partial charge on any atom is -0.358 e. The number of nitrogens with one attached hydrogen (secondary N) is 1. The van der Waals surface area contributed by atoms with Crippen molar-refractivity contribution in [2.45, 2.75) is 25.2 Å². The van der Waals surface area contributed by atoms with Gasteiger partial charge in [-0.3, -0.25) is 0 Å². The average molecular weight is 271 g/mol. The van der Waals surface area contributed by atoms with Gasteiger partial charge in [-0.1, -0.05) is 48.6 Å². The molecule has 1 heterocycles. The van der Waals surface area contributed by atoms with Gasteiger partial charge in [0.25, 0.3) is 0 Å². The van der Waals surface area contributed by atoms with Gasteiger partial charge in [0, 0.05) is 17.0 Å². The summed E-state index contributed by atoms with van der Waals surface area (Å²) in [6.07, 6.45) is 10.6. The molecule has 2 aromatic rings. The summed E-state index contributed by atoms with van der Waals surface area (Å²) in [4.78, 5) is 0. The first kappa shape index (κ1) is 11.4. The molecule has 1 N–H and O–H groups in total. The van der Waals surface area contributed by atoms with E-state index in [-0.39, 0.29) is 0 Å². The van der Waals surface area contributed by atoms with Crippen molar-refractivity contribution < 1.29 is 0 Å². The number of rotatable bonds is 0. The highest BCUT2D eigenvalue weighted by molar-refractivity contribution is 5.98. The monoisotopic (exact) mass is 271 g/mol. The van der Waals surface area contributed by atoms with Gasteiger partial charge < -0.3 is 5.32 Å². The Kier molecular flexibility index (Phi) is 2.23. The van der Waals surface area contributed by atoms with Crippen molar-refractivity contribution in [1.29, 1.82) is 0 Å². The third kappa shape index (κ3) is 1.58. The number of hydrogen-bond acceptors (Lipinski definition) is 1. The van der Waals surface area contributed by atoms with Crippen LogP contribution in [0, 0.1) is 0 Å². The molecule has 1 heteroatoms. The molecule has 0 amide bonds. The molecule has 0 saturated heterocycles. The van der Waals surface area contributed by atoms with E-state index in [1.807, 2.05) is 0 Å². The van der Waals surface area contributed by atoms with E-state index < -0.39 is 0 Å². The molecule has 5 rings (SSSR count). The number of benzene rings is 2. The zero-order chi connectivity index (χ0) is 13.8. The van der Waals surface area contributed by atoms with Crippen LogP contribution in [0.1, 0.15) is 30.7 Å². The van der Waals surface area contributed by atoms with Crippen molar-refractivity contribution in [3.63, 3.8) is 0 Å². The van der Waals surface area contributed by atoms with E-state index in [4.69, 9.17) is 0 Å². The molecule has 102 valence electrons. The molecule has 1 nitrogen and oxygen atoms in total. The van der Waals surface area contributed by atoms with Gasteiger partial charge in [-0.15, -0.1) is 0 Å². The van der Waals surface area contributed by atoms with Crippen LogP contribution in [0.4, 0.5) is 5.69 Å². The molecular formula is C20H17N. The van der Waals surface area contributed by atoms with Gasteiger partial charge in [-0.05, 0) is 47.4 Å². The van der Waals surface area contributed by atoms with Crippen molar-refractivity contribution in [3.05, 3.63) is 77.0 Å². The van der Waals surface area contributed by atoms with Gasteiger partial charge in [-0.2, -0.15) is 0 Å². The zero-order valence-corrected chi connectivity index (χ0v) is 11.9. The molecule has 2 aliphatic carbocycles. The van der Waals surface area contributed by atoms with Crippen LogP contribution < -0.4 is 5.32 Å². The number of allylic oxidation sites excluding steroid dienone is 6. The van der Waals surface area contributed by atoms with Crippen molar-refractivity contribution in [3.8, 4) is 0 Å². The van der Waals surface area contributed by atoms with Gasteiger partial charge in [-0.25, -0.2) is 0 Å². The lowest BCUT2D eigenvalue weighted by atomic mass is 9.81. The van der Waals surface area contributed by atoms with Crippen molar-refractivity contribution in [2.75, 3.05) is 5.32 Å². The fourth-order valence-corrected chi connectivity index (χ4v) is 3.98. The normalized spacial score (nSPS) is 22.5. The Morgan fingerprint density at radius 2 is 1.95 bits per heavy atom. The van der Waals surface area contributed by atoms with Crippen LogP contribution in [-0.4, -0.2) is 0 Å². The highest BCUT2D eigenvalue weighted by atomic mass is 14.9. The smallest absolute Gasteiger partial charge is 0.0501 e. The molecule has 1 atom stereocenters. The van der Waals surface area contributed by atoms with Crippen LogP contribution in [0.15, 0.2) is 71.5 Å². The first-order valence-electron chi connectivity index (χ1n) is 7.79. The van der Waals surface area contributed by atoms with Crippen molar-refractivity contribution in [2.24, 2.45) is 0 Å². The van der Waals surface area contributed by atoms with Crippen LogP contribution in [0.2, 0.25) is 0 Å². The molecule has 0 saturated carbocycles. The van der Waals surface area contributed by atoms with E-state index in [0.717, 1.165) is 6.42 Å². The highest BCUT2D eigenvalue weighted by Crippen LogP contribution is 2.49. The topological polar surface area (TPSA) is 12.0 Å². The Labute approximate surface area is 124 Å². The minimum absolute atomic E-state index is 0.520. The maximum absolute atomic E-state index is 3.72. The highest BCUT2D eigenvalue weighted by Gasteiger charge is 2.32. The van der Waals surface area contributed by atoms with Gasteiger partial charge in [0.1, 0.15) is 0 Å². The van der Waals surface area contributed by atoms with Crippen molar-refractivity contribution >= 4 is 16.5 Å². The summed E-state index contributed by atoms with van der Waals surface area (Å²) < 4.78 is 0. The molecule has 2 aromatic carbocycles. The van der Waals surface area contributed by atoms with Gasteiger partial charge in [0.2, 0.25) is 0 Å². The predicted octanol–water partition coefficient (Wildman–Crippen LogP) is 5.28. The summed E-state index contributed by atoms with van der Waals surface area (Å²) >= 11 is 0. The number of fused-ring (bicyclic) bond motifs is 5. The summed E-state index contributed by atoms with van der Waals surface area (Å²) in [5.41, 5.74) is 7.26. The lowest BCUT2D eigenvalue weighted by molar-refractivity contribution is 0.776. The predicted molar refractivity (Wildman–Crippen MR) is 88.4 cm³/mol. The molecule has 1 aliphatic heterocycles. The van der Waals surface area contributed by atoms with E-state index in [9.17, 15) is 0 Å². The van der Waals surface area contributed by atoms with Gasteiger partial charge in [0.15, 0.2) is 0 Å². The third-order valence-corrected chi connectivity index (χ3v) is 5.05. The summed E-state index contributed by atoms with van der Waals surface area (Å²) in [5, 5.41) is 6.38. The van der Waals surface area contributed by atoms with Gasteiger partial charge in [0.05, 0.1) is 5.69 Å². The van der Waals surface area contributed by atoms with E-state index in [2.05, 4.69) is 59.9 Å². The summed E-state index contributed by atoms with van der Waals surface area (Å²) in [6.45, 7) is 0. The number of anilines is 1. The standard InChI is InChI=1S/C20H17N/c1-2-7-15-12-19-18(11-14(15)6-1)17-10-9-13-5-3-4-8-16(13)20(17)21-19/h1,3-6,8-10,12,18,21H,2,7,11H2. The van der Waals surface area contributed by atoms with Crippen LogP contribution in [0.5, 0.6) is 0 Å². The molecular weight excluding hydrogens is 254 g/mol. The third-order valence-electron chi connectivity index (χ3n) is 5.05. The quantitative estimate of drug-likeness (QED) is 0.687. The number of hydrogen-bond donors (Lipinski definition) is 1. The molecule has 1 unspecified atom stereocenters. The van der Waals surface area contributed by atoms with Crippen LogP contribution in [0.3, 0.4) is 0 Å². The zero-order valence-electron chi connectivity index (χ0n) is 11.9. The van der Waals surface area contributed by atoms with Gasteiger partial charge >= 0.3 is 0 Å². The molecule has 3 aliphatic rings. The van der Waals surface area contributed by atoms with E-state index in [1.54, 1.807) is 0 Å². The average Bonchev–Trinajstić information content (AvgIpc) is 2.90. The Morgan fingerprint density at radius 1 is 1.00 bits per heavy atom. The fourth-order valence-electron chi connectivity index (χ4n) is 3.98. The van der Waals surface area contributed by atoms with Crippen molar-refractivity contribution in [1.82, 2.24) is 0 Å². The second-order valence-corrected chi connectivity index (χ2v) is 6.22. The SMILES string of the molecule is C1=CC2=C(C=C3Nc4c(ccc5ccccc45)C3C2)CC1. The second-order valence-electron chi connectivity index (χ2n) is 6.22. The lowest BCUT2D eigenvalue weighted by Crippen LogP contribution is -2.09. The van der Waals surface area contributed by atoms with Crippen LogP contribution in [-0.2, 0) is 0 Å². The maximum Gasteiger partial charge on any atom is 0.0501 e. The molecule has 0 aromatic heterocycles. The minimum atomic E-state index is 0.520. The Balaban J connectivity index is 1.68. The second kappa shape index (κ2) is 4.11. The maximum atomic E-state index is 3.72. The first-order chi connectivity index (χ1) is 10.4. The Morgan fingerprint density at radius 3 is 2.95 bits per heavy atom. The van der Waals surface area contributed by atoms with E-state index in [0.29, 0.717) is 5.92 Å². The molecule has 0 spiro atoms. The molecule has 0 fully saturated rings. The lowest BCUT2D eigenvalue weighted by Gasteiger charge is -2.24. The summed E-state index contributed by atoms with van der Waals surface area (Å²) in [7, 11) is 0. The summed E-state index contributed by atoms with van der Waals surface area (Å²) in [6, 6.07) is 13.2. The summed E-state index contributed by atoms with van der Waals surface area (Å²) in [5.74, 6) is 0.520. The Bertz CT molecular complexity index is 851. The molecule has 0 radical (unpaired) electrons. The first-order valence-corrected chi connectivity index (χ1v) is 7.79. The fraction of sp³-hybridized carbons (Fsp3) is 0.200. The van der Waals surface area contributed by atoms with E-state index >= 15 is 0 Å².